The molecule has 2 aromatic rings. The molecule has 7 nitrogen and oxygen atoms in total. The zero-order valence-corrected chi connectivity index (χ0v) is 21.2. The number of nitrogens with one attached hydrogen (secondary N) is 4. The van der Waals surface area contributed by atoms with Crippen molar-refractivity contribution in [3.63, 3.8) is 0 Å². The van der Waals surface area contributed by atoms with Crippen LogP contribution in [0.3, 0.4) is 0 Å². The molecule has 0 bridgehead atoms. The summed E-state index contributed by atoms with van der Waals surface area (Å²) in [4.78, 5) is 30.2. The molecule has 0 aromatic carbocycles. The first-order valence-electron chi connectivity index (χ1n) is 12.2. The highest BCUT2D eigenvalue weighted by molar-refractivity contribution is 7.97. The molecule has 2 aromatic heterocycles. The number of carbonyl (C=O) groups is 2. The summed E-state index contributed by atoms with van der Waals surface area (Å²) in [5, 5.41) is 9.79. The highest BCUT2D eigenvalue weighted by atomic mass is 32.2. The number of rotatable bonds is 10. The Kier molecular flexibility index (Phi) is 7.45. The van der Waals surface area contributed by atoms with E-state index in [4.69, 9.17) is 0 Å². The molecule has 3 aliphatic rings. The van der Waals surface area contributed by atoms with Crippen LogP contribution in [0.15, 0.2) is 18.3 Å². The average Bonchev–Trinajstić information content (AvgIpc) is 3.77. The van der Waals surface area contributed by atoms with Crippen molar-refractivity contribution in [3.8, 4) is 0 Å². The molecular formula is C24H28F3N5O2S2. The molecule has 0 unspecified atom stereocenters. The molecule has 2 heterocycles. The molecule has 2 saturated carbocycles. The molecular weight excluding hydrogens is 511 g/mol. The Morgan fingerprint density at radius 2 is 1.94 bits per heavy atom. The highest BCUT2D eigenvalue weighted by Gasteiger charge is 2.34. The minimum absolute atomic E-state index is 0.00102. The lowest BCUT2D eigenvalue weighted by molar-refractivity contribution is -0.141. The largest absolute Gasteiger partial charge is 0.433 e. The molecule has 36 heavy (non-hydrogen) atoms. The van der Waals surface area contributed by atoms with Gasteiger partial charge >= 0.3 is 6.18 Å². The molecule has 2 fully saturated rings. The van der Waals surface area contributed by atoms with Crippen LogP contribution in [0.1, 0.15) is 58.6 Å². The molecule has 0 radical (unpaired) electrons. The summed E-state index contributed by atoms with van der Waals surface area (Å²) in [6.07, 6.45) is 3.19. The van der Waals surface area contributed by atoms with Gasteiger partial charge in [-0.25, -0.2) is 4.98 Å². The molecule has 5 rings (SSSR count). The van der Waals surface area contributed by atoms with Gasteiger partial charge in [-0.05, 0) is 68.6 Å². The van der Waals surface area contributed by atoms with Crippen LogP contribution in [0, 0.1) is 11.8 Å². The van der Waals surface area contributed by atoms with Crippen LogP contribution in [-0.4, -0.2) is 35.3 Å². The van der Waals surface area contributed by atoms with E-state index in [2.05, 4.69) is 25.7 Å². The third-order valence-electron chi connectivity index (χ3n) is 6.57. The maximum atomic E-state index is 13.1. The van der Waals surface area contributed by atoms with E-state index in [1.165, 1.54) is 35.5 Å². The van der Waals surface area contributed by atoms with Crippen LogP contribution in [0.5, 0.6) is 0 Å². The summed E-state index contributed by atoms with van der Waals surface area (Å²) in [5.41, 5.74) is 1.20. The van der Waals surface area contributed by atoms with Gasteiger partial charge in [0.1, 0.15) is 10.7 Å². The van der Waals surface area contributed by atoms with Gasteiger partial charge < -0.3 is 16.0 Å². The Morgan fingerprint density at radius 1 is 1.14 bits per heavy atom. The van der Waals surface area contributed by atoms with Gasteiger partial charge in [0.2, 0.25) is 5.91 Å². The SMILES string of the molecule is O=C(NCC1CC1)c1c(NC(=O)C2CC2)sc2c1C[C@@H](NSCNc1ccc(C(F)(F)F)nc1)CC2. The zero-order chi connectivity index (χ0) is 25.3. The summed E-state index contributed by atoms with van der Waals surface area (Å²) < 4.78 is 41.4. The van der Waals surface area contributed by atoms with E-state index >= 15 is 0 Å². The van der Waals surface area contributed by atoms with Gasteiger partial charge in [0.25, 0.3) is 5.91 Å². The number of alkyl halides is 3. The predicted molar refractivity (Wildman–Crippen MR) is 135 cm³/mol. The first-order chi connectivity index (χ1) is 17.3. The van der Waals surface area contributed by atoms with Gasteiger partial charge in [-0.3, -0.25) is 14.3 Å². The lowest BCUT2D eigenvalue weighted by Gasteiger charge is -2.24. The van der Waals surface area contributed by atoms with E-state index in [1.54, 1.807) is 0 Å². The van der Waals surface area contributed by atoms with Gasteiger partial charge in [0.05, 0.1) is 23.3 Å². The molecule has 2 amide bonds. The van der Waals surface area contributed by atoms with Gasteiger partial charge in [0.15, 0.2) is 0 Å². The number of aromatic nitrogens is 1. The van der Waals surface area contributed by atoms with E-state index < -0.39 is 11.9 Å². The van der Waals surface area contributed by atoms with Crippen molar-refractivity contribution >= 4 is 45.8 Å². The molecule has 1 atom stereocenters. The number of fused-ring (bicyclic) bond motifs is 1. The van der Waals surface area contributed by atoms with Crippen LogP contribution in [0.25, 0.3) is 0 Å². The van der Waals surface area contributed by atoms with Crippen molar-refractivity contribution in [1.82, 2.24) is 15.0 Å². The van der Waals surface area contributed by atoms with Crippen molar-refractivity contribution in [2.45, 2.75) is 57.2 Å². The monoisotopic (exact) mass is 539 g/mol. The normalized spacial score (nSPS) is 19.5. The van der Waals surface area contributed by atoms with Crippen molar-refractivity contribution in [2.24, 2.45) is 11.8 Å². The third-order valence-corrected chi connectivity index (χ3v) is 8.57. The second-order valence-corrected chi connectivity index (χ2v) is 11.5. The Labute approximate surface area is 215 Å². The Bertz CT molecular complexity index is 1110. The number of hydrogen-bond acceptors (Lipinski definition) is 7. The fraction of sp³-hybridized carbons (Fsp3) is 0.542. The molecule has 194 valence electrons. The molecule has 0 spiro atoms. The van der Waals surface area contributed by atoms with Crippen LogP contribution in [-0.2, 0) is 23.8 Å². The molecule has 12 heteroatoms. The topological polar surface area (TPSA) is 95.2 Å². The lowest BCUT2D eigenvalue weighted by atomic mass is 9.91. The van der Waals surface area contributed by atoms with E-state index in [-0.39, 0.29) is 23.8 Å². The second-order valence-electron chi connectivity index (χ2n) is 9.58. The summed E-state index contributed by atoms with van der Waals surface area (Å²) in [7, 11) is 0. The fourth-order valence-corrected chi connectivity index (χ4v) is 6.17. The van der Waals surface area contributed by atoms with Gasteiger partial charge in [-0.15, -0.1) is 11.3 Å². The van der Waals surface area contributed by atoms with Crippen molar-refractivity contribution < 1.29 is 22.8 Å². The number of hydrogen-bond donors (Lipinski definition) is 4. The number of thiophene rings is 1. The number of nitrogens with zero attached hydrogens (tertiary/aromatic N) is 1. The molecule has 4 N–H and O–H groups in total. The highest BCUT2D eigenvalue weighted by Crippen LogP contribution is 2.40. The summed E-state index contributed by atoms with van der Waals surface area (Å²) >= 11 is 2.94. The van der Waals surface area contributed by atoms with Crippen LogP contribution in [0.4, 0.5) is 23.9 Å². The second kappa shape index (κ2) is 10.6. The minimum atomic E-state index is -4.45. The zero-order valence-electron chi connectivity index (χ0n) is 19.5. The van der Waals surface area contributed by atoms with Gasteiger partial charge in [0, 0.05) is 23.4 Å². The smallest absolute Gasteiger partial charge is 0.373 e. The van der Waals surface area contributed by atoms with Crippen molar-refractivity contribution in [1.29, 1.82) is 0 Å². The van der Waals surface area contributed by atoms with Crippen LogP contribution < -0.4 is 20.7 Å². The van der Waals surface area contributed by atoms with Crippen molar-refractivity contribution in [2.75, 3.05) is 23.1 Å². The average molecular weight is 540 g/mol. The Balaban J connectivity index is 1.18. The van der Waals surface area contributed by atoms with E-state index in [0.29, 0.717) is 41.0 Å². The van der Waals surface area contributed by atoms with E-state index in [0.717, 1.165) is 55.0 Å². The van der Waals surface area contributed by atoms with E-state index in [9.17, 15) is 22.8 Å². The summed E-state index contributed by atoms with van der Waals surface area (Å²) in [6.45, 7) is 0.668. The number of pyridine rings is 1. The summed E-state index contributed by atoms with van der Waals surface area (Å²) in [5.74, 6) is 0.947. The summed E-state index contributed by atoms with van der Waals surface area (Å²) in [6, 6.07) is 2.44. The number of anilines is 2. The predicted octanol–water partition coefficient (Wildman–Crippen LogP) is 4.81. The van der Waals surface area contributed by atoms with Crippen LogP contribution >= 0.6 is 23.3 Å². The van der Waals surface area contributed by atoms with Gasteiger partial charge in [-0.2, -0.15) is 13.2 Å². The number of aryl methyl sites for hydroxylation is 1. The number of carbonyl (C=O) groups excluding carboxylic acids is 2. The Hall–Kier alpha value is -2.31. The maximum absolute atomic E-state index is 13.1. The maximum Gasteiger partial charge on any atom is 0.433 e. The van der Waals surface area contributed by atoms with Crippen LogP contribution in [0.2, 0.25) is 0 Å². The van der Waals surface area contributed by atoms with E-state index in [1.807, 2.05) is 0 Å². The molecule has 0 saturated heterocycles. The molecule has 3 aliphatic carbocycles. The third kappa shape index (κ3) is 6.33. The number of amides is 2. The standard InChI is InChI=1S/C24H28F3N5O2S2/c25-24(26,27)19-8-6-16(11-28-19)30-12-35-32-15-5-7-18-17(9-15)20(22(34)29-10-13-1-2-13)23(36-18)31-21(33)14-3-4-14/h6,8,11,13-15,30,32H,1-5,7,9-10,12H2,(H,29,34)(H,31,33)/t15-/m0/s1. The Morgan fingerprint density at radius 3 is 2.61 bits per heavy atom. The van der Waals surface area contributed by atoms with Crippen molar-refractivity contribution in [3.05, 3.63) is 40.0 Å². The molecule has 0 aliphatic heterocycles. The lowest BCUT2D eigenvalue weighted by Crippen LogP contribution is -2.33. The van der Waals surface area contributed by atoms with Gasteiger partial charge in [-0.1, -0.05) is 11.9 Å². The first-order valence-corrected chi connectivity index (χ1v) is 14.0. The number of halogens is 3. The fourth-order valence-electron chi connectivity index (χ4n) is 4.16. The first kappa shape index (κ1) is 25.3. The quantitative estimate of drug-likeness (QED) is 0.197. The minimum Gasteiger partial charge on any atom is -0.373 e.